The van der Waals surface area contributed by atoms with Crippen LogP contribution >= 0.6 is 0 Å². The molecule has 0 spiro atoms. The Labute approximate surface area is 88.4 Å². The molecule has 0 unspecified atom stereocenters. The van der Waals surface area contributed by atoms with Crippen LogP contribution in [-0.2, 0) is 0 Å². The van der Waals surface area contributed by atoms with E-state index in [-0.39, 0.29) is 5.57 Å². The van der Waals surface area contributed by atoms with Crippen LogP contribution in [0, 0.1) is 22.7 Å². The molecule has 0 saturated heterocycles. The third kappa shape index (κ3) is 3.06. The normalized spacial score (nSPS) is 8.20. The van der Waals surface area contributed by atoms with Gasteiger partial charge < -0.3 is 10.9 Å². The summed E-state index contributed by atoms with van der Waals surface area (Å²) in [6, 6.07) is 13.0. The van der Waals surface area contributed by atoms with Gasteiger partial charge in [0.1, 0.15) is 17.7 Å². The van der Waals surface area contributed by atoms with Gasteiger partial charge in [0.15, 0.2) is 0 Å². The average Bonchev–Trinajstić information content (AvgIpc) is 2.29. The Hall–Kier alpha value is -2.46. The topological polar surface area (TPSA) is 71.6 Å². The highest BCUT2D eigenvalue weighted by molar-refractivity contribution is 5.44. The quantitative estimate of drug-likeness (QED) is 0.575. The molecule has 0 saturated carbocycles. The molecular weight excluding hydrogens is 188 g/mol. The van der Waals surface area contributed by atoms with E-state index >= 15 is 0 Å². The minimum absolute atomic E-state index is 0.0680. The van der Waals surface area contributed by atoms with E-state index in [4.69, 9.17) is 10.5 Å². The lowest BCUT2D eigenvalue weighted by molar-refractivity contribution is 0.953. The van der Waals surface area contributed by atoms with E-state index in [0.717, 1.165) is 5.69 Å². The summed E-state index contributed by atoms with van der Waals surface area (Å²) in [4.78, 5) is 0. The van der Waals surface area contributed by atoms with Gasteiger partial charge in [0.25, 0.3) is 0 Å². The fraction of sp³-hybridized carbons (Fsp3) is 0.0909. The molecule has 0 radical (unpaired) electrons. The van der Waals surface area contributed by atoms with Crippen LogP contribution in [-0.4, -0.2) is 0 Å². The van der Waals surface area contributed by atoms with Crippen LogP contribution in [0.25, 0.3) is 0 Å². The highest BCUT2D eigenvalue weighted by Gasteiger charge is 1.98. The summed E-state index contributed by atoms with van der Waals surface area (Å²) in [5.41, 5.74) is 7.11. The maximum atomic E-state index is 8.60. The van der Waals surface area contributed by atoms with Gasteiger partial charge in [-0.2, -0.15) is 10.5 Å². The van der Waals surface area contributed by atoms with E-state index in [0.29, 0.717) is 5.70 Å². The van der Waals surface area contributed by atoms with Gasteiger partial charge in [-0.15, -0.1) is 0 Å². The first kappa shape index (κ1) is 10.6. The van der Waals surface area contributed by atoms with Crippen LogP contribution < -0.4 is 10.9 Å². The lowest BCUT2D eigenvalue weighted by Gasteiger charge is -2.09. The van der Waals surface area contributed by atoms with Crippen LogP contribution in [0.5, 0.6) is 0 Å². The number of nitriles is 2. The molecule has 0 atom stereocenters. The van der Waals surface area contributed by atoms with E-state index in [1.54, 1.807) is 19.1 Å². The summed E-state index contributed by atoms with van der Waals surface area (Å²) in [7, 11) is 0. The molecule has 1 aromatic rings. The predicted octanol–water partition coefficient (Wildman–Crippen LogP) is 1.92. The largest absolute Gasteiger partial charge is 0.303 e. The third-order valence-electron chi connectivity index (χ3n) is 1.77. The van der Waals surface area contributed by atoms with E-state index in [1.165, 1.54) is 0 Å². The summed E-state index contributed by atoms with van der Waals surface area (Å²) >= 11 is 0. The predicted molar refractivity (Wildman–Crippen MR) is 57.1 cm³/mol. The fourth-order valence-electron chi connectivity index (χ4n) is 0.943. The molecule has 0 amide bonds. The van der Waals surface area contributed by atoms with Crippen molar-refractivity contribution in [3.05, 3.63) is 41.6 Å². The van der Waals surface area contributed by atoms with Gasteiger partial charge in [-0.1, -0.05) is 18.2 Å². The molecule has 0 aliphatic rings. The Balaban J connectivity index is 2.64. The average molecular weight is 198 g/mol. The van der Waals surface area contributed by atoms with Crippen LogP contribution in [0.1, 0.15) is 6.92 Å². The van der Waals surface area contributed by atoms with E-state index < -0.39 is 0 Å². The lowest BCUT2D eigenvalue weighted by atomic mass is 10.3. The molecule has 4 nitrogen and oxygen atoms in total. The molecule has 1 aromatic carbocycles. The first-order chi connectivity index (χ1) is 7.27. The highest BCUT2D eigenvalue weighted by Crippen LogP contribution is 2.04. The van der Waals surface area contributed by atoms with Crippen LogP contribution in [0.4, 0.5) is 5.69 Å². The zero-order valence-corrected chi connectivity index (χ0v) is 8.28. The summed E-state index contributed by atoms with van der Waals surface area (Å²) < 4.78 is 0. The first-order valence-electron chi connectivity index (χ1n) is 4.36. The molecule has 0 heterocycles. The minimum Gasteiger partial charge on any atom is -0.303 e. The van der Waals surface area contributed by atoms with Crippen molar-refractivity contribution in [1.82, 2.24) is 5.43 Å². The molecule has 15 heavy (non-hydrogen) atoms. The first-order valence-corrected chi connectivity index (χ1v) is 4.36. The second-order valence-electron chi connectivity index (χ2n) is 2.84. The Morgan fingerprint density at radius 3 is 2.27 bits per heavy atom. The van der Waals surface area contributed by atoms with Crippen molar-refractivity contribution < 1.29 is 0 Å². The molecule has 0 fully saturated rings. The van der Waals surface area contributed by atoms with Gasteiger partial charge in [-0.25, -0.2) is 0 Å². The van der Waals surface area contributed by atoms with Gasteiger partial charge in [0.05, 0.1) is 11.4 Å². The molecule has 0 aliphatic carbocycles. The maximum absolute atomic E-state index is 8.60. The Kier molecular flexibility index (Phi) is 3.76. The minimum atomic E-state index is 0.0680. The summed E-state index contributed by atoms with van der Waals surface area (Å²) in [5, 5.41) is 17.2. The number of hydrogen-bond acceptors (Lipinski definition) is 4. The van der Waals surface area contributed by atoms with Crippen molar-refractivity contribution in [3.63, 3.8) is 0 Å². The van der Waals surface area contributed by atoms with Crippen molar-refractivity contribution in [1.29, 1.82) is 10.5 Å². The molecule has 4 heteroatoms. The summed E-state index contributed by atoms with van der Waals surface area (Å²) in [6.45, 7) is 1.66. The number of hydrazine groups is 1. The molecule has 0 aromatic heterocycles. The van der Waals surface area contributed by atoms with Crippen molar-refractivity contribution in [2.45, 2.75) is 6.92 Å². The fourth-order valence-corrected chi connectivity index (χ4v) is 0.943. The number of nitrogens with one attached hydrogen (secondary N) is 2. The number of para-hydroxylation sites is 1. The standard InChI is InChI=1S/C11H10N4/c1-9(10(7-12)8-13)14-15-11-5-3-2-4-6-11/h2-6,14-15H,1H3. The van der Waals surface area contributed by atoms with Crippen molar-refractivity contribution >= 4 is 5.69 Å². The number of anilines is 1. The molecule has 74 valence electrons. The van der Waals surface area contributed by atoms with Crippen molar-refractivity contribution in [3.8, 4) is 12.1 Å². The smallest absolute Gasteiger partial charge is 0.150 e. The number of nitrogens with zero attached hydrogens (tertiary/aromatic N) is 2. The molecule has 1 rings (SSSR count). The SMILES string of the molecule is CC(NNc1ccccc1)=C(C#N)C#N. The third-order valence-corrected chi connectivity index (χ3v) is 1.77. The number of benzene rings is 1. The zero-order valence-electron chi connectivity index (χ0n) is 8.28. The van der Waals surface area contributed by atoms with Crippen molar-refractivity contribution in [2.75, 3.05) is 5.43 Å². The van der Waals surface area contributed by atoms with E-state index in [9.17, 15) is 0 Å². The summed E-state index contributed by atoms with van der Waals surface area (Å²) in [6.07, 6.45) is 0. The van der Waals surface area contributed by atoms with Gasteiger partial charge >= 0.3 is 0 Å². The number of rotatable bonds is 3. The van der Waals surface area contributed by atoms with Crippen LogP contribution in [0.15, 0.2) is 41.6 Å². The van der Waals surface area contributed by atoms with Crippen molar-refractivity contribution in [2.24, 2.45) is 0 Å². The zero-order chi connectivity index (χ0) is 11.1. The van der Waals surface area contributed by atoms with Gasteiger partial charge in [-0.3, -0.25) is 0 Å². The molecule has 2 N–H and O–H groups in total. The maximum Gasteiger partial charge on any atom is 0.150 e. The second-order valence-corrected chi connectivity index (χ2v) is 2.84. The Bertz CT molecular complexity index is 418. The van der Waals surface area contributed by atoms with Gasteiger partial charge in [-0.05, 0) is 19.1 Å². The second kappa shape index (κ2) is 5.31. The van der Waals surface area contributed by atoms with E-state index in [1.807, 2.05) is 30.3 Å². The Morgan fingerprint density at radius 1 is 1.13 bits per heavy atom. The summed E-state index contributed by atoms with van der Waals surface area (Å²) in [5.74, 6) is 0. The molecule has 0 aliphatic heterocycles. The van der Waals surface area contributed by atoms with Gasteiger partial charge in [0, 0.05) is 0 Å². The molecular formula is C11H10N4. The monoisotopic (exact) mass is 198 g/mol. The van der Waals surface area contributed by atoms with Crippen LogP contribution in [0.2, 0.25) is 0 Å². The van der Waals surface area contributed by atoms with E-state index in [2.05, 4.69) is 10.9 Å². The number of hydrogen-bond donors (Lipinski definition) is 2. The Morgan fingerprint density at radius 2 is 1.73 bits per heavy atom. The molecule has 0 bridgehead atoms. The lowest BCUT2D eigenvalue weighted by Crippen LogP contribution is -2.20. The van der Waals surface area contributed by atoms with Gasteiger partial charge in [0.2, 0.25) is 0 Å². The highest BCUT2D eigenvalue weighted by atomic mass is 15.4. The van der Waals surface area contributed by atoms with Crippen LogP contribution in [0.3, 0.4) is 0 Å². The number of allylic oxidation sites excluding steroid dienone is 2.